The summed E-state index contributed by atoms with van der Waals surface area (Å²) in [7, 11) is 1.51. The van der Waals surface area contributed by atoms with E-state index in [-0.39, 0.29) is 0 Å². The van der Waals surface area contributed by atoms with E-state index >= 15 is 0 Å². The van der Waals surface area contributed by atoms with Crippen LogP contribution in [-0.4, -0.2) is 13.4 Å². The van der Waals surface area contributed by atoms with Crippen LogP contribution in [-0.2, 0) is 4.84 Å². The Labute approximate surface area is 42.7 Å². The summed E-state index contributed by atoms with van der Waals surface area (Å²) in [6, 6.07) is 0. The van der Waals surface area contributed by atoms with Crippen LogP contribution in [0.4, 0.5) is 0 Å². The van der Waals surface area contributed by atoms with Crippen molar-refractivity contribution in [1.29, 1.82) is 0 Å². The summed E-state index contributed by atoms with van der Waals surface area (Å²) in [5, 5.41) is 0. The summed E-state index contributed by atoms with van der Waals surface area (Å²) in [6.45, 7) is 3.34. The van der Waals surface area contributed by atoms with E-state index in [1.165, 1.54) is 19.6 Å². The Morgan fingerprint density at radius 3 is 3.00 bits per heavy atom. The molecule has 0 aromatic heterocycles. The van der Waals surface area contributed by atoms with E-state index in [9.17, 15) is 0 Å². The van der Waals surface area contributed by atoms with Crippen molar-refractivity contribution in [1.82, 2.24) is 5.48 Å². The van der Waals surface area contributed by atoms with Crippen molar-refractivity contribution in [3.05, 3.63) is 12.8 Å². The minimum Gasteiger partial charge on any atom is -0.279 e. The van der Waals surface area contributed by atoms with Crippen LogP contribution < -0.4 is 5.48 Å². The van der Waals surface area contributed by atoms with Gasteiger partial charge in [-0.1, -0.05) is 6.58 Å². The van der Waals surface area contributed by atoms with Crippen molar-refractivity contribution in [2.75, 3.05) is 7.11 Å². The molecule has 0 bridgehead atoms. The fraction of sp³-hybridized carbons (Fsp3) is 0.250. The van der Waals surface area contributed by atoms with E-state index in [1.54, 1.807) is 0 Å². The number of rotatable bonds is 3. The zero-order chi connectivity index (χ0) is 5.54. The molecule has 0 rings (SSSR count). The second-order valence-corrected chi connectivity index (χ2v) is 0.783. The number of hydrogen-bond donors (Lipinski definition) is 1. The van der Waals surface area contributed by atoms with E-state index < -0.39 is 0 Å². The van der Waals surface area contributed by atoms with Gasteiger partial charge in [-0.05, 0) is 0 Å². The van der Waals surface area contributed by atoms with Crippen LogP contribution in [0.3, 0.4) is 0 Å². The standard InChI is InChI=1S/C4H8N2O/c1-3-5-4-6-7-2/h3-4H,1H2,2H3,(H,5,6). The average molecular weight is 100 g/mol. The molecule has 0 radical (unpaired) electrons. The highest BCUT2D eigenvalue weighted by molar-refractivity contribution is 5.53. The highest BCUT2D eigenvalue weighted by Gasteiger charge is 1.59. The molecule has 3 heteroatoms. The molecule has 40 valence electrons. The van der Waals surface area contributed by atoms with Gasteiger partial charge in [0.2, 0.25) is 0 Å². The third kappa shape index (κ3) is 5.17. The third-order valence-corrected chi connectivity index (χ3v) is 0.351. The number of nitrogens with zero attached hydrogens (tertiary/aromatic N) is 1. The first-order chi connectivity index (χ1) is 3.41. The van der Waals surface area contributed by atoms with Gasteiger partial charge in [0.15, 0.2) is 0 Å². The smallest absolute Gasteiger partial charge is 0.112 e. The molecular weight excluding hydrogens is 92.1 g/mol. The molecule has 7 heavy (non-hydrogen) atoms. The Kier molecular flexibility index (Phi) is 4.56. The summed E-state index contributed by atoms with van der Waals surface area (Å²) in [5.74, 6) is 0. The topological polar surface area (TPSA) is 33.6 Å². The lowest BCUT2D eigenvalue weighted by Crippen LogP contribution is -2.06. The van der Waals surface area contributed by atoms with Crippen molar-refractivity contribution >= 4 is 6.34 Å². The lowest BCUT2D eigenvalue weighted by molar-refractivity contribution is 0.148. The van der Waals surface area contributed by atoms with Crippen LogP contribution in [0, 0.1) is 0 Å². The average Bonchev–Trinajstić information content (AvgIpc) is 1.69. The van der Waals surface area contributed by atoms with Crippen LogP contribution in [0.1, 0.15) is 0 Å². The van der Waals surface area contributed by atoms with Gasteiger partial charge in [-0.15, -0.1) is 0 Å². The van der Waals surface area contributed by atoms with Crippen LogP contribution in [0.2, 0.25) is 0 Å². The van der Waals surface area contributed by atoms with Crippen LogP contribution in [0.25, 0.3) is 0 Å². The van der Waals surface area contributed by atoms with Crippen molar-refractivity contribution in [3.8, 4) is 0 Å². The van der Waals surface area contributed by atoms with Crippen LogP contribution in [0.5, 0.6) is 0 Å². The molecule has 0 aromatic carbocycles. The van der Waals surface area contributed by atoms with Gasteiger partial charge >= 0.3 is 0 Å². The summed E-state index contributed by atoms with van der Waals surface area (Å²) in [4.78, 5) is 7.96. The van der Waals surface area contributed by atoms with E-state index in [0.29, 0.717) is 0 Å². The van der Waals surface area contributed by atoms with E-state index in [0.717, 1.165) is 0 Å². The molecule has 0 aromatic rings. The SMILES string of the molecule is C=CN=CNOC. The van der Waals surface area contributed by atoms with Gasteiger partial charge in [0, 0.05) is 6.20 Å². The molecule has 0 aliphatic heterocycles. The minimum atomic E-state index is 1.40. The predicted octanol–water partition coefficient (Wildman–Crippen LogP) is 0.309. The number of hydrogen-bond acceptors (Lipinski definition) is 2. The van der Waals surface area contributed by atoms with Crippen molar-refractivity contribution < 1.29 is 4.84 Å². The molecule has 0 amide bonds. The van der Waals surface area contributed by atoms with Gasteiger partial charge in [-0.25, -0.2) is 4.99 Å². The van der Waals surface area contributed by atoms with Crippen LogP contribution >= 0.6 is 0 Å². The summed E-state index contributed by atoms with van der Waals surface area (Å²) in [5.41, 5.74) is 2.39. The first-order valence-electron chi connectivity index (χ1n) is 1.83. The second kappa shape index (κ2) is 5.17. The molecule has 0 heterocycles. The van der Waals surface area contributed by atoms with Gasteiger partial charge < -0.3 is 0 Å². The van der Waals surface area contributed by atoms with Crippen molar-refractivity contribution in [2.24, 2.45) is 4.99 Å². The number of aliphatic imine (C=N–C) groups is 1. The maximum atomic E-state index is 4.40. The molecule has 0 unspecified atom stereocenters. The van der Waals surface area contributed by atoms with Gasteiger partial charge in [-0.2, -0.15) is 0 Å². The zero-order valence-corrected chi connectivity index (χ0v) is 4.22. The second-order valence-electron chi connectivity index (χ2n) is 0.783. The highest BCUT2D eigenvalue weighted by atomic mass is 16.6. The molecule has 3 nitrogen and oxygen atoms in total. The molecule has 0 saturated heterocycles. The quantitative estimate of drug-likeness (QED) is 0.314. The molecule has 0 aliphatic rings. The Bertz CT molecular complexity index is 70.1. The molecule has 0 aliphatic carbocycles. The minimum absolute atomic E-state index is 1.40. The van der Waals surface area contributed by atoms with Gasteiger partial charge in [0.05, 0.1) is 7.11 Å². The monoisotopic (exact) mass is 100 g/mol. The predicted molar refractivity (Wildman–Crippen MR) is 28.8 cm³/mol. The third-order valence-electron chi connectivity index (χ3n) is 0.351. The van der Waals surface area contributed by atoms with Gasteiger partial charge in [0.25, 0.3) is 0 Å². The summed E-state index contributed by atoms with van der Waals surface area (Å²) in [6.07, 6.45) is 2.80. The Hall–Kier alpha value is -0.830. The molecule has 0 saturated carbocycles. The summed E-state index contributed by atoms with van der Waals surface area (Å²) < 4.78 is 0. The maximum absolute atomic E-state index is 4.40. The van der Waals surface area contributed by atoms with Crippen LogP contribution in [0.15, 0.2) is 17.8 Å². The number of hydroxylamine groups is 1. The first-order valence-corrected chi connectivity index (χ1v) is 1.83. The highest BCUT2D eigenvalue weighted by Crippen LogP contribution is 1.58. The number of nitrogens with one attached hydrogen (secondary N) is 1. The molecule has 0 fully saturated rings. The molecule has 0 spiro atoms. The lowest BCUT2D eigenvalue weighted by Gasteiger charge is -1.87. The Morgan fingerprint density at radius 1 is 1.86 bits per heavy atom. The lowest BCUT2D eigenvalue weighted by atomic mass is 11.0. The Morgan fingerprint density at radius 2 is 2.57 bits per heavy atom. The van der Waals surface area contributed by atoms with Gasteiger partial charge in [0.1, 0.15) is 6.34 Å². The van der Waals surface area contributed by atoms with E-state index in [2.05, 4.69) is 21.9 Å². The summed E-state index contributed by atoms with van der Waals surface area (Å²) >= 11 is 0. The fourth-order valence-corrected chi connectivity index (χ4v) is 0.136. The van der Waals surface area contributed by atoms with Crippen molar-refractivity contribution in [3.63, 3.8) is 0 Å². The zero-order valence-electron chi connectivity index (χ0n) is 4.22. The molecule has 1 N–H and O–H groups in total. The first kappa shape index (κ1) is 6.17. The maximum Gasteiger partial charge on any atom is 0.112 e. The van der Waals surface area contributed by atoms with E-state index in [4.69, 9.17) is 0 Å². The largest absolute Gasteiger partial charge is 0.279 e. The van der Waals surface area contributed by atoms with Crippen molar-refractivity contribution in [2.45, 2.75) is 0 Å². The Balaban J connectivity index is 2.92. The molecular formula is C4H8N2O. The van der Waals surface area contributed by atoms with Gasteiger partial charge in [-0.3, -0.25) is 10.3 Å². The normalized spacial score (nSPS) is 9.29. The fourth-order valence-electron chi connectivity index (χ4n) is 0.136. The van der Waals surface area contributed by atoms with E-state index in [1.807, 2.05) is 0 Å². The molecule has 0 atom stereocenters.